The third-order valence-corrected chi connectivity index (χ3v) is 6.99. The van der Waals surface area contributed by atoms with Gasteiger partial charge in [0, 0.05) is 26.5 Å². The van der Waals surface area contributed by atoms with Gasteiger partial charge in [0.15, 0.2) is 0 Å². The zero-order valence-corrected chi connectivity index (χ0v) is 17.2. The van der Waals surface area contributed by atoms with Gasteiger partial charge < -0.3 is 28.5 Å². The minimum atomic E-state index is -4.26. The molecule has 1 aromatic heterocycles. The number of nitrogens with one attached hydrogen (secondary N) is 1. The number of H-pyrrole nitrogens is 1. The van der Waals surface area contributed by atoms with E-state index in [0.717, 1.165) is 0 Å². The maximum Gasteiger partial charge on any atom is 0.328 e. The zero-order valence-electron chi connectivity index (χ0n) is 14.6. The van der Waals surface area contributed by atoms with Gasteiger partial charge in [-0.2, -0.15) is 0 Å². The van der Waals surface area contributed by atoms with Gasteiger partial charge in [0.2, 0.25) is 0 Å². The standard InChI is InChI=1S/C13H22N2O9P2S/c1-22-12-9(15-5-3-10(16)14-13(15)17)7-8(4-6-25(18,19)20)11(12)24-26(21,27)23-2/h3,5,8-9,11-12H,4,6-7H2,1-2H3,(H,21,27)(H,14,16,17)(H2,18,19,20)/t8-,9?,11+,12-,26?/m0/s1. The molecule has 4 N–H and O–H groups in total. The maximum atomic E-state index is 12.2. The van der Waals surface area contributed by atoms with E-state index >= 15 is 0 Å². The topological polar surface area (TPSA) is 160 Å². The lowest BCUT2D eigenvalue weighted by molar-refractivity contribution is -0.0176. The van der Waals surface area contributed by atoms with Crippen LogP contribution < -0.4 is 11.2 Å². The van der Waals surface area contributed by atoms with E-state index in [1.807, 2.05) is 0 Å². The predicted octanol–water partition coefficient (Wildman–Crippen LogP) is -0.0712. The molecule has 1 fully saturated rings. The van der Waals surface area contributed by atoms with Crippen molar-refractivity contribution in [2.75, 3.05) is 20.4 Å². The van der Waals surface area contributed by atoms with Crippen molar-refractivity contribution in [1.29, 1.82) is 0 Å². The van der Waals surface area contributed by atoms with Crippen molar-refractivity contribution >= 4 is 26.1 Å². The van der Waals surface area contributed by atoms with E-state index in [2.05, 4.69) is 4.98 Å². The number of methoxy groups -OCH3 is 1. The van der Waals surface area contributed by atoms with Crippen molar-refractivity contribution in [2.24, 2.45) is 5.92 Å². The van der Waals surface area contributed by atoms with Crippen molar-refractivity contribution in [3.63, 3.8) is 0 Å². The molecule has 0 saturated heterocycles. The molecule has 0 aliphatic heterocycles. The predicted molar refractivity (Wildman–Crippen MR) is 99.2 cm³/mol. The Morgan fingerprint density at radius 3 is 2.48 bits per heavy atom. The van der Waals surface area contributed by atoms with E-state index in [0.29, 0.717) is 0 Å². The van der Waals surface area contributed by atoms with Crippen molar-refractivity contribution in [3.8, 4) is 0 Å². The minimum absolute atomic E-state index is 0.0580. The summed E-state index contributed by atoms with van der Waals surface area (Å²) >= 11 is 4.89. The molecule has 0 amide bonds. The van der Waals surface area contributed by atoms with E-state index in [4.69, 9.17) is 25.6 Å². The molecule has 154 valence electrons. The van der Waals surface area contributed by atoms with Crippen molar-refractivity contribution in [2.45, 2.75) is 31.1 Å². The first-order valence-corrected chi connectivity index (χ1v) is 12.3. The summed E-state index contributed by atoms with van der Waals surface area (Å²) < 4.78 is 28.3. The zero-order chi connectivity index (χ0) is 20.4. The highest BCUT2D eigenvalue weighted by molar-refractivity contribution is 8.07. The van der Waals surface area contributed by atoms with Gasteiger partial charge in [-0.25, -0.2) is 4.79 Å². The quantitative estimate of drug-likeness (QED) is 0.400. The lowest BCUT2D eigenvalue weighted by Crippen LogP contribution is -2.38. The van der Waals surface area contributed by atoms with E-state index < -0.39 is 55.9 Å². The smallest absolute Gasteiger partial charge is 0.328 e. The number of hydrogen-bond acceptors (Lipinski definition) is 7. The van der Waals surface area contributed by atoms with Crippen molar-refractivity contribution in [1.82, 2.24) is 9.55 Å². The highest BCUT2D eigenvalue weighted by Gasteiger charge is 2.48. The number of ether oxygens (including phenoxy) is 1. The van der Waals surface area contributed by atoms with E-state index in [1.165, 1.54) is 31.0 Å². The highest BCUT2D eigenvalue weighted by atomic mass is 32.5. The summed E-state index contributed by atoms with van der Waals surface area (Å²) in [5, 5.41) is 0. The molecular formula is C13H22N2O9P2S. The molecule has 0 radical (unpaired) electrons. The second-order valence-electron chi connectivity index (χ2n) is 6.18. The summed E-state index contributed by atoms with van der Waals surface area (Å²) in [6, 6.07) is 0.580. The number of aromatic nitrogens is 2. The summed E-state index contributed by atoms with van der Waals surface area (Å²) in [5.41, 5.74) is -1.21. The maximum absolute atomic E-state index is 12.2. The van der Waals surface area contributed by atoms with Gasteiger partial charge in [-0.05, 0) is 30.6 Å². The molecule has 0 spiro atoms. The number of hydrogen-bond donors (Lipinski definition) is 4. The molecule has 1 heterocycles. The molecular weight excluding hydrogens is 422 g/mol. The lowest BCUT2D eigenvalue weighted by Gasteiger charge is -2.28. The first-order chi connectivity index (χ1) is 12.5. The van der Waals surface area contributed by atoms with Crippen LogP contribution in [0.5, 0.6) is 0 Å². The van der Waals surface area contributed by atoms with Crippen LogP contribution in [0.25, 0.3) is 0 Å². The number of rotatable bonds is 8. The van der Waals surface area contributed by atoms with Crippen LogP contribution in [-0.2, 0) is 30.2 Å². The van der Waals surface area contributed by atoms with Gasteiger partial charge >= 0.3 is 20.0 Å². The van der Waals surface area contributed by atoms with Crippen molar-refractivity contribution in [3.05, 3.63) is 33.1 Å². The molecule has 1 aliphatic carbocycles. The fraction of sp³-hybridized carbons (Fsp3) is 0.692. The van der Waals surface area contributed by atoms with Crippen LogP contribution in [0, 0.1) is 5.92 Å². The summed E-state index contributed by atoms with van der Waals surface area (Å²) in [6.07, 6.45) is -0.397. The first kappa shape index (κ1) is 22.6. The Balaban J connectivity index is 2.39. The van der Waals surface area contributed by atoms with Gasteiger partial charge in [0.05, 0.1) is 18.3 Å². The first-order valence-electron chi connectivity index (χ1n) is 7.93. The molecule has 14 heteroatoms. The second-order valence-corrected chi connectivity index (χ2v) is 10.9. The largest absolute Gasteiger partial charge is 0.377 e. The fourth-order valence-corrected chi connectivity index (χ4v) is 4.93. The summed E-state index contributed by atoms with van der Waals surface area (Å²) in [5.74, 6) is -0.476. The Hall–Kier alpha value is -0.680. The Kier molecular flexibility index (Phi) is 7.34. The Morgan fingerprint density at radius 1 is 1.30 bits per heavy atom. The van der Waals surface area contributed by atoms with E-state index in [9.17, 15) is 28.8 Å². The Morgan fingerprint density at radius 2 is 1.96 bits per heavy atom. The van der Waals surface area contributed by atoms with Gasteiger partial charge in [-0.15, -0.1) is 0 Å². The molecule has 0 bridgehead atoms. The average molecular weight is 444 g/mol. The third kappa shape index (κ3) is 5.90. The SMILES string of the molecule is CO[C@H]1C(n2ccc(=O)[nH]c2=O)C[C@H](CCP(=O)(O)O)[C@H]1OP(O)(=S)OC. The molecule has 11 nitrogen and oxygen atoms in total. The van der Waals surface area contributed by atoms with Crippen LogP contribution in [-0.4, -0.2) is 56.8 Å². The van der Waals surface area contributed by atoms with E-state index in [1.54, 1.807) is 0 Å². The van der Waals surface area contributed by atoms with Gasteiger partial charge in [0.1, 0.15) is 6.10 Å². The number of nitrogens with zero attached hydrogens (tertiary/aromatic N) is 1. The Labute approximate surface area is 159 Å². The van der Waals surface area contributed by atoms with Gasteiger partial charge in [-0.1, -0.05) is 0 Å². The molecule has 0 aromatic carbocycles. The monoisotopic (exact) mass is 444 g/mol. The number of aromatic amines is 1. The molecule has 1 saturated carbocycles. The highest BCUT2D eigenvalue weighted by Crippen LogP contribution is 2.52. The fourth-order valence-electron chi connectivity index (χ4n) is 3.28. The summed E-state index contributed by atoms with van der Waals surface area (Å²) in [6.45, 7) is -3.60. The van der Waals surface area contributed by atoms with Crippen LogP contribution in [0.2, 0.25) is 0 Å². The minimum Gasteiger partial charge on any atom is -0.377 e. The van der Waals surface area contributed by atoms with Crippen LogP contribution in [0.4, 0.5) is 0 Å². The van der Waals surface area contributed by atoms with E-state index in [-0.39, 0.29) is 12.8 Å². The third-order valence-electron chi connectivity index (χ3n) is 4.47. The molecule has 2 rings (SSSR count). The average Bonchev–Trinajstić information content (AvgIpc) is 2.89. The lowest BCUT2D eigenvalue weighted by atomic mass is 10.0. The Bertz CT molecular complexity index is 866. The molecule has 5 atom stereocenters. The summed E-state index contributed by atoms with van der Waals surface area (Å²) in [4.78, 5) is 54.0. The molecule has 2 unspecified atom stereocenters. The van der Waals surface area contributed by atoms with Gasteiger partial charge in [-0.3, -0.25) is 18.9 Å². The van der Waals surface area contributed by atoms with Crippen LogP contribution in [0.15, 0.2) is 21.9 Å². The van der Waals surface area contributed by atoms with Crippen LogP contribution in [0.3, 0.4) is 0 Å². The summed E-state index contributed by atoms with van der Waals surface area (Å²) in [7, 11) is -1.70. The second kappa shape index (κ2) is 8.77. The molecule has 27 heavy (non-hydrogen) atoms. The van der Waals surface area contributed by atoms with Gasteiger partial charge in [0.25, 0.3) is 5.56 Å². The molecule has 1 aromatic rings. The normalized spacial score (nSPS) is 28.2. The van der Waals surface area contributed by atoms with Crippen LogP contribution in [0.1, 0.15) is 18.9 Å². The molecule has 1 aliphatic rings. The van der Waals surface area contributed by atoms with Crippen molar-refractivity contribution < 1.29 is 33.0 Å². The van der Waals surface area contributed by atoms with Crippen LogP contribution >= 0.6 is 14.3 Å².